The number of halogens is 3. The Hall–Kier alpha value is -0.620. The molecule has 0 aliphatic carbocycles. The summed E-state index contributed by atoms with van der Waals surface area (Å²) in [6.07, 6.45) is 0. The average molecular weight is 406 g/mol. The van der Waals surface area contributed by atoms with Gasteiger partial charge in [0.1, 0.15) is 5.82 Å². The van der Waals surface area contributed by atoms with Crippen molar-refractivity contribution in [1.29, 1.82) is 0 Å². The Morgan fingerprint density at radius 3 is 2.53 bits per heavy atom. The van der Waals surface area contributed by atoms with Crippen molar-refractivity contribution >= 4 is 44.2 Å². The fraction of sp³-hybridized carbons (Fsp3) is 0.0769. The molecule has 0 unspecified atom stereocenters. The van der Waals surface area contributed by atoms with Crippen LogP contribution in [-0.4, -0.2) is 0 Å². The maximum absolute atomic E-state index is 13.1. The van der Waals surface area contributed by atoms with Crippen molar-refractivity contribution in [1.82, 2.24) is 0 Å². The van der Waals surface area contributed by atoms with Gasteiger partial charge in [0.05, 0.1) is 5.69 Å². The van der Waals surface area contributed by atoms with E-state index in [4.69, 9.17) is 0 Å². The van der Waals surface area contributed by atoms with E-state index in [0.29, 0.717) is 6.54 Å². The third kappa shape index (κ3) is 3.67. The lowest BCUT2D eigenvalue weighted by atomic mass is 10.2. The van der Waals surface area contributed by atoms with Crippen molar-refractivity contribution in [2.24, 2.45) is 0 Å². The first-order valence-electron chi connectivity index (χ1n) is 5.08. The zero-order valence-electron chi connectivity index (χ0n) is 8.88. The fourth-order valence-corrected chi connectivity index (χ4v) is 2.18. The number of hydrogen-bond donors (Lipinski definition) is 1. The first-order chi connectivity index (χ1) is 8.15. The zero-order valence-corrected chi connectivity index (χ0v) is 12.6. The quantitative estimate of drug-likeness (QED) is 0.723. The highest BCUT2D eigenvalue weighted by Crippen LogP contribution is 2.23. The van der Waals surface area contributed by atoms with Crippen molar-refractivity contribution in [3.05, 3.63) is 61.9 Å². The summed E-state index contributed by atoms with van der Waals surface area (Å²) in [5.74, 6) is -0.238. The average Bonchev–Trinajstić information content (AvgIpc) is 2.32. The van der Waals surface area contributed by atoms with Gasteiger partial charge in [-0.05, 0) is 74.4 Å². The van der Waals surface area contributed by atoms with E-state index in [2.05, 4.69) is 68.1 Å². The van der Waals surface area contributed by atoms with Crippen LogP contribution in [0.3, 0.4) is 0 Å². The second-order valence-corrected chi connectivity index (χ2v) is 5.70. The number of rotatable bonds is 3. The summed E-state index contributed by atoms with van der Waals surface area (Å²) in [7, 11) is 0. The molecule has 0 atom stereocenters. The Morgan fingerprint density at radius 2 is 1.82 bits per heavy atom. The van der Waals surface area contributed by atoms with Crippen LogP contribution in [0.4, 0.5) is 10.1 Å². The Labute approximate surface area is 122 Å². The number of hydrogen-bond acceptors (Lipinski definition) is 1. The van der Waals surface area contributed by atoms with E-state index in [-0.39, 0.29) is 5.82 Å². The number of benzene rings is 2. The Morgan fingerprint density at radius 1 is 1.12 bits per heavy atom. The van der Waals surface area contributed by atoms with Gasteiger partial charge in [0.25, 0.3) is 0 Å². The zero-order chi connectivity index (χ0) is 12.3. The summed E-state index contributed by atoms with van der Waals surface area (Å²) in [6.45, 7) is 0.680. The van der Waals surface area contributed by atoms with E-state index in [9.17, 15) is 4.39 Å². The molecule has 2 aromatic carbocycles. The molecule has 0 saturated carbocycles. The largest absolute Gasteiger partial charge is 0.380 e. The summed E-state index contributed by atoms with van der Waals surface area (Å²) < 4.78 is 15.1. The standard InChI is InChI=1S/C13H10BrFIN/c14-12-6-3-10(15)7-13(12)17-8-9-1-4-11(16)5-2-9/h1-7,17H,8H2. The summed E-state index contributed by atoms with van der Waals surface area (Å²) >= 11 is 5.65. The van der Waals surface area contributed by atoms with Gasteiger partial charge in [-0.1, -0.05) is 12.1 Å². The molecule has 0 aliphatic rings. The fourth-order valence-electron chi connectivity index (χ4n) is 1.43. The molecule has 0 fully saturated rings. The van der Waals surface area contributed by atoms with Crippen LogP contribution in [0.25, 0.3) is 0 Å². The normalized spacial score (nSPS) is 10.3. The number of anilines is 1. The second-order valence-electron chi connectivity index (χ2n) is 3.60. The smallest absolute Gasteiger partial charge is 0.125 e. The van der Waals surface area contributed by atoms with Crippen molar-refractivity contribution in [3.63, 3.8) is 0 Å². The molecule has 0 aromatic heterocycles. The minimum atomic E-state index is -0.238. The topological polar surface area (TPSA) is 12.0 Å². The van der Waals surface area contributed by atoms with E-state index in [1.54, 1.807) is 6.07 Å². The van der Waals surface area contributed by atoms with Gasteiger partial charge in [-0.25, -0.2) is 4.39 Å². The lowest BCUT2D eigenvalue weighted by Gasteiger charge is -2.08. The molecule has 0 aliphatic heterocycles. The molecule has 1 nitrogen and oxygen atoms in total. The predicted octanol–water partition coefficient (Wildman–Crippen LogP) is 4.80. The summed E-state index contributed by atoms with van der Waals surface area (Å²) in [5.41, 5.74) is 1.94. The van der Waals surface area contributed by atoms with Gasteiger partial charge in [-0.3, -0.25) is 0 Å². The van der Waals surface area contributed by atoms with Gasteiger partial charge in [0.2, 0.25) is 0 Å². The van der Waals surface area contributed by atoms with Crippen LogP contribution in [-0.2, 0) is 6.54 Å². The summed E-state index contributed by atoms with van der Waals surface area (Å²) in [5, 5.41) is 3.20. The Bertz CT molecular complexity index is 513. The molecule has 4 heteroatoms. The van der Waals surface area contributed by atoms with E-state index >= 15 is 0 Å². The maximum atomic E-state index is 13.1. The highest BCUT2D eigenvalue weighted by molar-refractivity contribution is 14.1. The molecule has 1 N–H and O–H groups in total. The molecule has 0 bridgehead atoms. The van der Waals surface area contributed by atoms with Gasteiger partial charge in [-0.15, -0.1) is 0 Å². The van der Waals surface area contributed by atoms with Gasteiger partial charge < -0.3 is 5.32 Å². The molecule has 0 amide bonds. The van der Waals surface area contributed by atoms with Crippen LogP contribution in [0.1, 0.15) is 5.56 Å². The summed E-state index contributed by atoms with van der Waals surface area (Å²) in [6, 6.07) is 12.8. The van der Waals surface area contributed by atoms with E-state index in [0.717, 1.165) is 10.2 Å². The second kappa shape index (κ2) is 5.82. The number of nitrogens with one attached hydrogen (secondary N) is 1. The molecule has 0 saturated heterocycles. The lowest BCUT2D eigenvalue weighted by molar-refractivity contribution is 0.628. The van der Waals surface area contributed by atoms with Crippen molar-refractivity contribution in [2.75, 3.05) is 5.32 Å². The molecule has 2 aromatic rings. The van der Waals surface area contributed by atoms with Crippen molar-refractivity contribution < 1.29 is 4.39 Å². The van der Waals surface area contributed by atoms with E-state index < -0.39 is 0 Å². The Balaban J connectivity index is 2.07. The van der Waals surface area contributed by atoms with Crippen LogP contribution < -0.4 is 5.32 Å². The third-order valence-corrected chi connectivity index (χ3v) is 3.74. The van der Waals surface area contributed by atoms with Crippen molar-refractivity contribution in [3.8, 4) is 0 Å². The highest BCUT2D eigenvalue weighted by Gasteiger charge is 2.01. The van der Waals surface area contributed by atoms with Gasteiger partial charge in [-0.2, -0.15) is 0 Å². The molecule has 0 heterocycles. The van der Waals surface area contributed by atoms with E-state index in [1.165, 1.54) is 21.3 Å². The predicted molar refractivity (Wildman–Crippen MR) is 80.6 cm³/mol. The van der Waals surface area contributed by atoms with Gasteiger partial charge >= 0.3 is 0 Å². The molecule has 2 rings (SSSR count). The molecular weight excluding hydrogens is 396 g/mol. The van der Waals surface area contributed by atoms with Crippen LogP contribution >= 0.6 is 38.5 Å². The van der Waals surface area contributed by atoms with Gasteiger partial charge in [0.15, 0.2) is 0 Å². The van der Waals surface area contributed by atoms with Crippen LogP contribution in [0.2, 0.25) is 0 Å². The highest BCUT2D eigenvalue weighted by atomic mass is 127. The van der Waals surface area contributed by atoms with Crippen LogP contribution in [0.15, 0.2) is 46.9 Å². The van der Waals surface area contributed by atoms with E-state index in [1.807, 2.05) is 0 Å². The summed E-state index contributed by atoms with van der Waals surface area (Å²) in [4.78, 5) is 0. The first kappa shape index (κ1) is 12.8. The van der Waals surface area contributed by atoms with Crippen molar-refractivity contribution in [2.45, 2.75) is 6.54 Å². The minimum Gasteiger partial charge on any atom is -0.380 e. The molecule has 0 radical (unpaired) electrons. The van der Waals surface area contributed by atoms with Gasteiger partial charge in [0, 0.05) is 14.6 Å². The molecule has 88 valence electrons. The molecule has 0 spiro atoms. The monoisotopic (exact) mass is 405 g/mol. The minimum absolute atomic E-state index is 0.238. The SMILES string of the molecule is Fc1ccc(Br)c(NCc2ccc(I)cc2)c1. The Kier molecular flexibility index (Phi) is 4.39. The van der Waals surface area contributed by atoms with Crippen LogP contribution in [0.5, 0.6) is 0 Å². The third-order valence-electron chi connectivity index (χ3n) is 2.32. The molecular formula is C13H10BrFIN. The lowest BCUT2D eigenvalue weighted by Crippen LogP contribution is -2.00. The van der Waals surface area contributed by atoms with Crippen LogP contribution in [0, 0.1) is 9.39 Å². The maximum Gasteiger partial charge on any atom is 0.125 e. The molecule has 17 heavy (non-hydrogen) atoms. The first-order valence-corrected chi connectivity index (χ1v) is 6.96.